The maximum absolute atomic E-state index is 15.1. The first-order valence-electron chi connectivity index (χ1n) is 18.4. The van der Waals surface area contributed by atoms with E-state index in [0.29, 0.717) is 11.1 Å². The molecular formula is C41H56F4N2O10. The van der Waals surface area contributed by atoms with Gasteiger partial charge >= 0.3 is 30.4 Å². The molecule has 0 unspecified atom stereocenters. The number of esters is 3. The first kappa shape index (κ1) is 48.3. The predicted molar refractivity (Wildman–Crippen MR) is 201 cm³/mol. The molecule has 0 spiro atoms. The molecule has 2 aromatic carbocycles. The van der Waals surface area contributed by atoms with Crippen molar-refractivity contribution >= 4 is 29.9 Å². The van der Waals surface area contributed by atoms with Crippen molar-refractivity contribution in [1.82, 2.24) is 9.80 Å². The highest BCUT2D eigenvalue weighted by Crippen LogP contribution is 2.28. The van der Waals surface area contributed by atoms with E-state index in [2.05, 4.69) is 4.74 Å². The summed E-state index contributed by atoms with van der Waals surface area (Å²) in [6.45, 7) is 13.9. The SMILES string of the molecule is C[C@@H](OC(=O)[C@H](CC(C)(C)C)N(C)C(=O)[C@@H](CCc1ccc(OC(F)(F)F)cc1)OC(=O)[C@H](CC(C)(C)F)N(C)C(=O)OC(C)(C)C)C(=O)OCc1ccccc1. The molecular weight excluding hydrogens is 756 g/mol. The fraction of sp³-hybridized carbons (Fsp3) is 0.585. The molecule has 0 radical (unpaired) electrons. The van der Waals surface area contributed by atoms with E-state index in [1.165, 1.54) is 47.0 Å². The number of hydrogen-bond donors (Lipinski definition) is 0. The summed E-state index contributed by atoms with van der Waals surface area (Å²) in [5, 5.41) is 0. The van der Waals surface area contributed by atoms with Gasteiger partial charge in [-0.05, 0) is 89.5 Å². The molecule has 318 valence electrons. The van der Waals surface area contributed by atoms with Gasteiger partial charge in [-0.15, -0.1) is 13.2 Å². The van der Waals surface area contributed by atoms with Crippen LogP contribution in [0.3, 0.4) is 0 Å². The maximum Gasteiger partial charge on any atom is 0.573 e. The molecule has 2 rings (SSSR count). The Bertz CT molecular complexity index is 1650. The summed E-state index contributed by atoms with van der Waals surface area (Å²) in [7, 11) is 2.51. The average Bonchev–Trinajstić information content (AvgIpc) is 3.08. The molecule has 4 atom stereocenters. The lowest BCUT2D eigenvalue weighted by atomic mass is 9.87. The van der Waals surface area contributed by atoms with Crippen LogP contribution in [0.4, 0.5) is 22.4 Å². The van der Waals surface area contributed by atoms with E-state index in [1.807, 2.05) is 20.8 Å². The number of hydrogen-bond acceptors (Lipinski definition) is 10. The minimum absolute atomic E-state index is 0.0241. The molecule has 2 amide bonds. The van der Waals surface area contributed by atoms with Gasteiger partial charge in [0.15, 0.2) is 12.2 Å². The molecule has 0 saturated heterocycles. The summed E-state index contributed by atoms with van der Waals surface area (Å²) in [5.74, 6) is -4.29. The van der Waals surface area contributed by atoms with Gasteiger partial charge in [-0.1, -0.05) is 63.2 Å². The Morgan fingerprint density at radius 1 is 0.684 bits per heavy atom. The first-order valence-corrected chi connectivity index (χ1v) is 18.4. The van der Waals surface area contributed by atoms with E-state index in [1.54, 1.807) is 51.1 Å². The van der Waals surface area contributed by atoms with Gasteiger partial charge in [-0.3, -0.25) is 9.69 Å². The van der Waals surface area contributed by atoms with Crippen molar-refractivity contribution in [3.63, 3.8) is 0 Å². The van der Waals surface area contributed by atoms with Crippen LogP contribution in [0.2, 0.25) is 0 Å². The first-order chi connectivity index (χ1) is 26.0. The smallest absolute Gasteiger partial charge is 0.458 e. The average molecular weight is 813 g/mol. The highest BCUT2D eigenvalue weighted by atomic mass is 19.4. The van der Waals surface area contributed by atoms with E-state index in [-0.39, 0.29) is 25.9 Å². The van der Waals surface area contributed by atoms with Gasteiger partial charge in [0.25, 0.3) is 5.91 Å². The molecule has 0 fully saturated rings. The Hall–Kier alpha value is -4.89. The Morgan fingerprint density at radius 2 is 1.23 bits per heavy atom. The van der Waals surface area contributed by atoms with Gasteiger partial charge < -0.3 is 28.6 Å². The zero-order chi connectivity index (χ0) is 43.5. The maximum atomic E-state index is 15.1. The van der Waals surface area contributed by atoms with Gasteiger partial charge in [0.2, 0.25) is 0 Å². The van der Waals surface area contributed by atoms with Gasteiger partial charge in [0.05, 0.1) is 0 Å². The van der Waals surface area contributed by atoms with Crippen molar-refractivity contribution < 1.29 is 65.2 Å². The molecule has 0 aliphatic heterocycles. The Morgan fingerprint density at radius 3 is 1.74 bits per heavy atom. The quantitative estimate of drug-likeness (QED) is 0.0886. The number of likely N-dealkylation sites (N-methyl/N-ethyl adjacent to an activating group) is 2. The van der Waals surface area contributed by atoms with Crippen molar-refractivity contribution in [2.75, 3.05) is 14.1 Å². The third kappa shape index (κ3) is 17.8. The van der Waals surface area contributed by atoms with Crippen molar-refractivity contribution in [1.29, 1.82) is 0 Å². The Labute approximate surface area is 332 Å². The summed E-state index contributed by atoms with van der Waals surface area (Å²) in [4.78, 5) is 69.7. The van der Waals surface area contributed by atoms with Crippen LogP contribution >= 0.6 is 0 Å². The fourth-order valence-corrected chi connectivity index (χ4v) is 5.39. The molecule has 0 aliphatic rings. The highest BCUT2D eigenvalue weighted by Gasteiger charge is 2.41. The van der Waals surface area contributed by atoms with E-state index < -0.39 is 89.4 Å². The lowest BCUT2D eigenvalue weighted by Crippen LogP contribution is -2.52. The van der Waals surface area contributed by atoms with Gasteiger partial charge in [-0.2, -0.15) is 0 Å². The molecule has 2 aromatic rings. The van der Waals surface area contributed by atoms with Gasteiger partial charge in [-0.25, -0.2) is 23.6 Å². The standard InChI is InChI=1S/C41H56F4N2O10/c1-26(34(49)53-25-28-15-13-12-14-16-28)54-35(50)30(23-38(2,3)4)46(10)33(48)32(22-19-27-17-20-29(21-18-27)56-41(43,44)45)55-36(51)31(24-40(8,9)42)47(11)37(52)57-39(5,6)7/h12-18,20-21,26,30-32H,19,22-25H2,1-11H3/t26-,30+,31+,32-/m1/s1. The molecule has 12 nitrogen and oxygen atoms in total. The van der Waals surface area contributed by atoms with Crippen LogP contribution in [-0.4, -0.2) is 95.7 Å². The molecule has 0 saturated carbocycles. The van der Waals surface area contributed by atoms with Crippen molar-refractivity contribution in [3.8, 4) is 5.75 Å². The molecule has 0 heterocycles. The number of amides is 2. The molecule has 0 aromatic heterocycles. The van der Waals surface area contributed by atoms with Crippen LogP contribution in [0.5, 0.6) is 5.75 Å². The van der Waals surface area contributed by atoms with Crippen LogP contribution < -0.4 is 4.74 Å². The summed E-state index contributed by atoms with van der Waals surface area (Å²) >= 11 is 0. The van der Waals surface area contributed by atoms with Gasteiger partial charge in [0, 0.05) is 20.5 Å². The number of benzene rings is 2. The fourth-order valence-electron chi connectivity index (χ4n) is 5.39. The van der Waals surface area contributed by atoms with Crippen LogP contribution in [0, 0.1) is 5.41 Å². The molecule has 0 bridgehead atoms. The zero-order valence-corrected chi connectivity index (χ0v) is 34.5. The largest absolute Gasteiger partial charge is 0.573 e. The number of ether oxygens (including phenoxy) is 5. The molecule has 0 N–H and O–H groups in total. The van der Waals surface area contributed by atoms with Crippen molar-refractivity contribution in [2.45, 2.75) is 137 Å². The topological polar surface area (TPSA) is 138 Å². The Balaban J connectivity index is 2.45. The zero-order valence-electron chi connectivity index (χ0n) is 34.5. The van der Waals surface area contributed by atoms with Crippen LogP contribution in [0.15, 0.2) is 54.6 Å². The lowest BCUT2D eigenvalue weighted by Gasteiger charge is -2.35. The number of aryl methyl sites for hydroxylation is 1. The highest BCUT2D eigenvalue weighted by molar-refractivity contribution is 5.90. The van der Waals surface area contributed by atoms with E-state index >= 15 is 4.39 Å². The third-order valence-electron chi connectivity index (χ3n) is 8.23. The predicted octanol–water partition coefficient (Wildman–Crippen LogP) is 7.74. The Kier molecular flexibility index (Phi) is 16.9. The number of alkyl halides is 4. The number of carbonyl (C=O) groups is 5. The van der Waals surface area contributed by atoms with Crippen LogP contribution in [-0.2, 0) is 51.2 Å². The molecule has 16 heteroatoms. The normalized spacial score (nSPS) is 14.3. The summed E-state index contributed by atoms with van der Waals surface area (Å²) in [6.07, 6.45) is -9.69. The van der Waals surface area contributed by atoms with E-state index in [4.69, 9.17) is 18.9 Å². The van der Waals surface area contributed by atoms with Gasteiger partial charge in [0.1, 0.15) is 35.7 Å². The van der Waals surface area contributed by atoms with Crippen molar-refractivity contribution in [2.24, 2.45) is 5.41 Å². The van der Waals surface area contributed by atoms with E-state index in [9.17, 15) is 37.1 Å². The number of halogens is 4. The van der Waals surface area contributed by atoms with Crippen LogP contribution in [0.25, 0.3) is 0 Å². The second kappa shape index (κ2) is 20.0. The third-order valence-corrected chi connectivity index (χ3v) is 8.23. The summed E-state index contributed by atoms with van der Waals surface area (Å²) < 4.78 is 79.2. The number of nitrogens with zero attached hydrogens (tertiary/aromatic N) is 2. The molecule has 0 aliphatic carbocycles. The molecule has 57 heavy (non-hydrogen) atoms. The second-order valence-electron chi connectivity index (χ2n) is 16.6. The number of rotatable bonds is 17. The van der Waals surface area contributed by atoms with Crippen LogP contribution in [0.1, 0.15) is 92.7 Å². The lowest BCUT2D eigenvalue weighted by molar-refractivity contribution is -0.274. The minimum Gasteiger partial charge on any atom is -0.458 e. The minimum atomic E-state index is -4.92. The van der Waals surface area contributed by atoms with Crippen molar-refractivity contribution in [3.05, 3.63) is 65.7 Å². The van der Waals surface area contributed by atoms with E-state index in [0.717, 1.165) is 21.9 Å². The summed E-state index contributed by atoms with van der Waals surface area (Å²) in [5.41, 5.74) is -2.42. The monoisotopic (exact) mass is 812 g/mol. The number of carbonyl (C=O) groups excluding carboxylic acids is 5. The summed E-state index contributed by atoms with van der Waals surface area (Å²) in [6, 6.07) is 10.8. The second-order valence-corrected chi connectivity index (χ2v) is 16.6.